The van der Waals surface area contributed by atoms with Crippen LogP contribution in [0.5, 0.6) is 0 Å². The molecule has 0 aromatic heterocycles. The van der Waals surface area contributed by atoms with Crippen molar-refractivity contribution >= 4 is 16.9 Å². The molecule has 0 spiro atoms. The maximum absolute atomic E-state index is 12.3. The average molecular weight is 446 g/mol. The monoisotopic (exact) mass is 445 g/mol. The largest absolute Gasteiger partial charge is 0.452 e. The first-order valence-electron chi connectivity index (χ1n) is 9.78. The fourth-order valence-electron chi connectivity index (χ4n) is 3.01. The highest BCUT2D eigenvalue weighted by atomic mass is 32.2. The molecule has 6 heteroatoms. The number of benzene rings is 3. The number of halogens is 3. The number of hydrogen-bond donors (Lipinski definition) is 0. The van der Waals surface area contributed by atoms with Gasteiger partial charge in [-0.3, -0.25) is 0 Å². The smallest absolute Gasteiger partial charge is 0.422 e. The van der Waals surface area contributed by atoms with E-state index in [9.17, 15) is 18.0 Å². The van der Waals surface area contributed by atoms with Crippen LogP contribution in [-0.4, -0.2) is 18.8 Å². The maximum atomic E-state index is 12.3. The Balaban J connectivity index is 1.91. The summed E-state index contributed by atoms with van der Waals surface area (Å²) in [5.41, 5.74) is 1.37. The first-order chi connectivity index (χ1) is 14.5. The van der Waals surface area contributed by atoms with E-state index in [1.54, 1.807) is 12.1 Å². The van der Waals surface area contributed by atoms with Crippen molar-refractivity contribution in [3.8, 4) is 0 Å². The summed E-state index contributed by atoms with van der Waals surface area (Å²) in [5.74, 6) is -0.988. The van der Waals surface area contributed by atoms with Gasteiger partial charge in [0.1, 0.15) is 0 Å². The molecule has 1 atom stereocenters. The molecule has 0 amide bonds. The molecule has 2 nitrogen and oxygen atoms in total. The van der Waals surface area contributed by atoms with Crippen molar-refractivity contribution in [3.05, 3.63) is 90.0 Å². The number of carbonyl (C=O) groups excluding carboxylic acids is 1. The highest BCUT2D eigenvalue weighted by Gasteiger charge is 2.31. The van der Waals surface area contributed by atoms with E-state index in [0.717, 1.165) is 14.7 Å². The third-order valence-corrected chi connectivity index (χ3v) is 6.86. The quantitative estimate of drug-likeness (QED) is 0.319. The van der Waals surface area contributed by atoms with Gasteiger partial charge in [0.05, 0.1) is 16.5 Å². The molecule has 0 radical (unpaired) electrons. The predicted octanol–water partition coefficient (Wildman–Crippen LogP) is 6.80. The fraction of sp³-hybridized carbons (Fsp3) is 0.240. The fourth-order valence-corrected chi connectivity index (χ4v) is 5.08. The van der Waals surface area contributed by atoms with Gasteiger partial charge in [0.2, 0.25) is 0 Å². The number of alkyl halides is 3. The predicted molar refractivity (Wildman–Crippen MR) is 117 cm³/mol. The highest BCUT2D eigenvalue weighted by Crippen LogP contribution is 2.33. The third-order valence-electron chi connectivity index (χ3n) is 4.63. The lowest BCUT2D eigenvalue weighted by molar-refractivity contribution is -0.161. The summed E-state index contributed by atoms with van der Waals surface area (Å²) in [6.45, 7) is 4.89. The maximum Gasteiger partial charge on any atom is 0.422 e. The Hall–Kier alpha value is -2.73. The van der Waals surface area contributed by atoms with Gasteiger partial charge in [0, 0.05) is 0 Å². The van der Waals surface area contributed by atoms with Crippen LogP contribution in [0.4, 0.5) is 13.2 Å². The van der Waals surface area contributed by atoms with Crippen LogP contribution in [0.3, 0.4) is 0 Å². The summed E-state index contributed by atoms with van der Waals surface area (Å²) in [7, 11) is -0.421. The molecule has 0 aliphatic rings. The van der Waals surface area contributed by atoms with Crippen LogP contribution >= 0.6 is 0 Å². The zero-order chi connectivity index (χ0) is 22.6. The van der Waals surface area contributed by atoms with Gasteiger partial charge in [-0.05, 0) is 59.5 Å². The number of rotatable bonds is 5. The normalized spacial score (nSPS) is 13.0. The van der Waals surface area contributed by atoms with Crippen LogP contribution < -0.4 is 0 Å². The van der Waals surface area contributed by atoms with Crippen LogP contribution in [0.15, 0.2) is 93.5 Å². The van der Waals surface area contributed by atoms with Crippen molar-refractivity contribution < 1.29 is 22.7 Å². The lowest BCUT2D eigenvalue weighted by Gasteiger charge is -2.19. The van der Waals surface area contributed by atoms with Crippen LogP contribution in [0.1, 0.15) is 36.7 Å². The number of ether oxygens (including phenoxy) is 1. The zero-order valence-corrected chi connectivity index (χ0v) is 18.4. The Kier molecular flexibility index (Phi) is 6.80. The van der Waals surface area contributed by atoms with Gasteiger partial charge in [-0.25, -0.2) is 4.79 Å². The van der Waals surface area contributed by atoms with E-state index in [2.05, 4.69) is 49.8 Å². The van der Waals surface area contributed by atoms with Crippen molar-refractivity contribution in [1.82, 2.24) is 0 Å². The minimum Gasteiger partial charge on any atom is -0.452 e. The molecule has 162 valence electrons. The molecule has 3 aromatic carbocycles. The molecule has 0 aliphatic carbocycles. The lowest BCUT2D eigenvalue weighted by atomic mass is 9.87. The molecule has 0 N–H and O–H groups in total. The van der Waals surface area contributed by atoms with Gasteiger partial charge in [0.25, 0.3) is 0 Å². The van der Waals surface area contributed by atoms with Crippen LogP contribution in [0.25, 0.3) is 0 Å². The third kappa shape index (κ3) is 6.14. The van der Waals surface area contributed by atoms with Gasteiger partial charge in [0.15, 0.2) is 21.3 Å². The summed E-state index contributed by atoms with van der Waals surface area (Å²) < 4.78 is 41.3. The first kappa shape index (κ1) is 22.9. The standard InChI is InChI=1S/C25H24F3O2S/c1-24(2,3)19-11-15-22(16-12-19)31(20-7-5-4-6-8-20)21-13-9-18(10-14-21)23(29)30-17-25(26,27)28/h4-16H,17H2,1-3H3/q+1. The van der Waals surface area contributed by atoms with E-state index < -0.39 is 29.6 Å². The number of esters is 1. The Bertz CT molecular complexity index is 1010. The summed E-state index contributed by atoms with van der Waals surface area (Å²) in [5, 5.41) is 0. The summed E-state index contributed by atoms with van der Waals surface area (Å²) in [6, 6.07) is 25.1. The molecule has 0 saturated carbocycles. The lowest BCUT2D eigenvalue weighted by Crippen LogP contribution is -2.20. The van der Waals surface area contributed by atoms with Gasteiger partial charge in [-0.1, -0.05) is 51.1 Å². The molecule has 0 fully saturated rings. The van der Waals surface area contributed by atoms with Crippen molar-refractivity contribution in [1.29, 1.82) is 0 Å². The van der Waals surface area contributed by atoms with Crippen molar-refractivity contribution in [3.63, 3.8) is 0 Å². The van der Waals surface area contributed by atoms with E-state index >= 15 is 0 Å². The Morgan fingerprint density at radius 3 is 1.74 bits per heavy atom. The molecule has 1 unspecified atom stereocenters. The molecular weight excluding hydrogens is 421 g/mol. The van der Waals surface area contributed by atoms with Crippen LogP contribution in [0, 0.1) is 0 Å². The molecule has 0 saturated heterocycles. The Morgan fingerprint density at radius 1 is 0.774 bits per heavy atom. The molecule has 0 aliphatic heterocycles. The summed E-state index contributed by atoms with van der Waals surface area (Å²) in [6.07, 6.45) is -4.55. The first-order valence-corrected chi connectivity index (χ1v) is 11.0. The van der Waals surface area contributed by atoms with E-state index in [0.29, 0.717) is 0 Å². The minimum absolute atomic E-state index is 0.0440. The van der Waals surface area contributed by atoms with Gasteiger partial charge in [-0.15, -0.1) is 0 Å². The second-order valence-electron chi connectivity index (χ2n) is 8.11. The van der Waals surface area contributed by atoms with Gasteiger partial charge in [-0.2, -0.15) is 13.2 Å². The van der Waals surface area contributed by atoms with E-state index in [1.807, 2.05) is 30.3 Å². The van der Waals surface area contributed by atoms with E-state index in [1.165, 1.54) is 17.7 Å². The molecular formula is C25H24F3O2S+. The van der Waals surface area contributed by atoms with Crippen molar-refractivity contribution in [2.45, 2.75) is 47.0 Å². The van der Waals surface area contributed by atoms with Gasteiger partial charge >= 0.3 is 12.1 Å². The minimum atomic E-state index is -4.55. The molecule has 0 heterocycles. The topological polar surface area (TPSA) is 26.3 Å². The van der Waals surface area contributed by atoms with Crippen LogP contribution in [0.2, 0.25) is 0 Å². The highest BCUT2D eigenvalue weighted by molar-refractivity contribution is 7.97. The second-order valence-corrected chi connectivity index (χ2v) is 10.1. The van der Waals surface area contributed by atoms with Crippen molar-refractivity contribution in [2.24, 2.45) is 0 Å². The Morgan fingerprint density at radius 2 is 1.26 bits per heavy atom. The van der Waals surface area contributed by atoms with E-state index in [-0.39, 0.29) is 11.0 Å². The zero-order valence-electron chi connectivity index (χ0n) is 17.6. The number of hydrogen-bond acceptors (Lipinski definition) is 2. The van der Waals surface area contributed by atoms with Gasteiger partial charge < -0.3 is 4.74 Å². The molecule has 31 heavy (non-hydrogen) atoms. The molecule has 3 aromatic rings. The summed E-state index contributed by atoms with van der Waals surface area (Å²) in [4.78, 5) is 15.1. The SMILES string of the molecule is CC(C)(C)c1ccc([S+](c2ccccc2)c2ccc(C(=O)OCC(F)(F)F)cc2)cc1. The van der Waals surface area contributed by atoms with Crippen LogP contribution in [-0.2, 0) is 21.0 Å². The Labute approximate surface area is 183 Å². The number of carbonyl (C=O) groups is 1. The van der Waals surface area contributed by atoms with Crippen molar-refractivity contribution in [2.75, 3.05) is 6.61 Å². The average Bonchev–Trinajstić information content (AvgIpc) is 2.73. The molecule has 3 rings (SSSR count). The van der Waals surface area contributed by atoms with E-state index in [4.69, 9.17) is 0 Å². The second kappa shape index (κ2) is 9.18. The molecule has 0 bridgehead atoms. The summed E-state index contributed by atoms with van der Waals surface area (Å²) >= 11 is 0.